The number of alkyl halides is 8. The summed E-state index contributed by atoms with van der Waals surface area (Å²) in [5.74, 6) is 0. The van der Waals surface area contributed by atoms with Crippen LogP contribution in [0.2, 0.25) is 0 Å². The first-order chi connectivity index (χ1) is 9.93. The molecule has 3 atom stereocenters. The van der Waals surface area contributed by atoms with E-state index in [0.29, 0.717) is 4.68 Å². The Bertz CT molecular complexity index is 550. The van der Waals surface area contributed by atoms with Gasteiger partial charge in [0.05, 0.1) is 5.69 Å². The molecule has 0 fully saturated rings. The summed E-state index contributed by atoms with van der Waals surface area (Å²) in [6.45, 7) is -0.669. The van der Waals surface area contributed by atoms with E-state index in [4.69, 9.17) is 0 Å². The summed E-state index contributed by atoms with van der Waals surface area (Å²) >= 11 is 0. The summed E-state index contributed by atoms with van der Waals surface area (Å²) in [6, 6.07) is 0. The summed E-state index contributed by atoms with van der Waals surface area (Å²) < 4.78 is 102. The van der Waals surface area contributed by atoms with Crippen molar-refractivity contribution in [1.29, 1.82) is 0 Å². The zero-order valence-corrected chi connectivity index (χ0v) is 10.7. The van der Waals surface area contributed by atoms with E-state index in [1.54, 1.807) is 0 Å². The van der Waals surface area contributed by atoms with Crippen LogP contribution in [0.3, 0.4) is 0 Å². The summed E-state index contributed by atoms with van der Waals surface area (Å²) in [5, 5.41) is 12.4. The molecule has 22 heavy (non-hydrogen) atoms. The molecule has 0 spiro atoms. The number of aliphatic hydroxyl groups is 1. The summed E-state index contributed by atoms with van der Waals surface area (Å²) in [5.41, 5.74) is -3.57. The maximum absolute atomic E-state index is 13.7. The first-order valence-corrected chi connectivity index (χ1v) is 6.14. The second-order valence-corrected chi connectivity index (χ2v) is 4.88. The molecule has 126 valence electrons. The number of aromatic nitrogens is 2. The van der Waals surface area contributed by atoms with Gasteiger partial charge in [0, 0.05) is 18.5 Å². The highest BCUT2D eigenvalue weighted by Crippen LogP contribution is 2.48. The number of hydrogen-bond donors (Lipinski definition) is 1. The lowest BCUT2D eigenvalue weighted by Gasteiger charge is -2.12. The molecular weight excluding hydrogens is 328 g/mol. The largest absolute Gasteiger partial charge is 0.435 e. The quantitative estimate of drug-likeness (QED) is 0.855. The van der Waals surface area contributed by atoms with Gasteiger partial charge in [0.15, 0.2) is 18.0 Å². The number of nitrogens with zero attached hydrogens (tertiary/aromatic N) is 2. The molecule has 0 saturated carbocycles. The van der Waals surface area contributed by atoms with E-state index in [-0.39, 0.29) is 0 Å². The fourth-order valence-corrected chi connectivity index (χ4v) is 2.35. The number of aryl methyl sites for hydroxylation is 1. The predicted molar refractivity (Wildman–Crippen MR) is 56.2 cm³/mol. The van der Waals surface area contributed by atoms with Crippen molar-refractivity contribution in [3.8, 4) is 0 Å². The van der Waals surface area contributed by atoms with Crippen molar-refractivity contribution in [1.82, 2.24) is 9.78 Å². The Morgan fingerprint density at radius 1 is 1.09 bits per heavy atom. The Morgan fingerprint density at radius 2 is 1.68 bits per heavy atom. The van der Waals surface area contributed by atoms with Crippen molar-refractivity contribution >= 4 is 0 Å². The van der Waals surface area contributed by atoms with Crippen LogP contribution < -0.4 is 0 Å². The molecule has 1 heterocycles. The highest BCUT2D eigenvalue weighted by molar-refractivity contribution is 5.38. The van der Waals surface area contributed by atoms with E-state index in [9.17, 15) is 40.2 Å². The van der Waals surface area contributed by atoms with Crippen molar-refractivity contribution < 1.29 is 40.2 Å². The molecule has 11 heteroatoms. The molecule has 0 radical (unpaired) electrons. The van der Waals surface area contributed by atoms with E-state index in [1.807, 2.05) is 0 Å². The molecule has 0 bridgehead atoms. The molecule has 0 aromatic carbocycles. The molecule has 0 unspecified atom stereocenters. The molecule has 0 saturated heterocycles. The zero-order valence-electron chi connectivity index (χ0n) is 10.7. The van der Waals surface area contributed by atoms with Gasteiger partial charge in [0.2, 0.25) is 0 Å². The minimum atomic E-state index is -5.08. The number of aliphatic hydroxyl groups excluding tert-OH is 1. The highest BCUT2D eigenvalue weighted by Gasteiger charge is 2.51. The molecule has 1 aliphatic rings. The smallest absolute Gasteiger partial charge is 0.385 e. The zero-order chi connectivity index (χ0) is 16.9. The van der Waals surface area contributed by atoms with Gasteiger partial charge in [-0.15, -0.1) is 0 Å². The van der Waals surface area contributed by atoms with Crippen molar-refractivity contribution in [2.45, 2.75) is 50.2 Å². The molecule has 1 aromatic heterocycles. The van der Waals surface area contributed by atoms with E-state index >= 15 is 0 Å². The van der Waals surface area contributed by atoms with E-state index in [2.05, 4.69) is 5.10 Å². The van der Waals surface area contributed by atoms with Crippen molar-refractivity contribution in [3.63, 3.8) is 0 Å². The third kappa shape index (κ3) is 3.03. The van der Waals surface area contributed by atoms with Gasteiger partial charge in [0.1, 0.15) is 6.10 Å². The summed E-state index contributed by atoms with van der Waals surface area (Å²) in [6.07, 6.45) is -19.1. The van der Waals surface area contributed by atoms with Gasteiger partial charge in [0.25, 0.3) is 0 Å². The van der Waals surface area contributed by atoms with Gasteiger partial charge < -0.3 is 5.11 Å². The SMILES string of the molecule is O[C@H]1c2c(C(F)(F)F)nn(CCCC(F)(F)F)c2[C@H](F)[C@H]1F. The lowest BCUT2D eigenvalue weighted by atomic mass is 10.1. The lowest BCUT2D eigenvalue weighted by molar-refractivity contribution is -0.144. The summed E-state index contributed by atoms with van der Waals surface area (Å²) in [4.78, 5) is 0. The van der Waals surface area contributed by atoms with Crippen LogP contribution in [0.5, 0.6) is 0 Å². The van der Waals surface area contributed by atoms with Gasteiger partial charge in [-0.25, -0.2) is 8.78 Å². The van der Waals surface area contributed by atoms with E-state index in [1.165, 1.54) is 0 Å². The Kier molecular flexibility index (Phi) is 4.13. The van der Waals surface area contributed by atoms with Crippen molar-refractivity contribution in [2.24, 2.45) is 0 Å². The van der Waals surface area contributed by atoms with Gasteiger partial charge in [-0.3, -0.25) is 4.68 Å². The Hall–Kier alpha value is -1.39. The molecule has 1 aliphatic carbocycles. The lowest BCUT2D eigenvalue weighted by Crippen LogP contribution is -2.18. The second-order valence-electron chi connectivity index (χ2n) is 4.88. The highest BCUT2D eigenvalue weighted by atomic mass is 19.4. The molecular formula is C11H10F8N2O. The van der Waals surface area contributed by atoms with Crippen molar-refractivity contribution in [3.05, 3.63) is 17.0 Å². The number of hydrogen-bond acceptors (Lipinski definition) is 2. The fraction of sp³-hybridized carbons (Fsp3) is 0.727. The Balaban J connectivity index is 2.35. The number of rotatable bonds is 3. The number of fused-ring (bicyclic) bond motifs is 1. The van der Waals surface area contributed by atoms with Crippen LogP contribution in [0.15, 0.2) is 0 Å². The summed E-state index contributed by atoms with van der Waals surface area (Å²) in [7, 11) is 0. The van der Waals surface area contributed by atoms with E-state index < -0.39 is 67.1 Å². The monoisotopic (exact) mass is 338 g/mol. The molecule has 2 rings (SSSR count). The topological polar surface area (TPSA) is 38.1 Å². The molecule has 1 N–H and O–H groups in total. The Labute approximate surface area is 118 Å². The maximum Gasteiger partial charge on any atom is 0.435 e. The van der Waals surface area contributed by atoms with Crippen LogP contribution in [0.4, 0.5) is 35.1 Å². The minimum absolute atomic E-state index is 0.358. The second kappa shape index (κ2) is 5.36. The van der Waals surface area contributed by atoms with Crippen LogP contribution in [0, 0.1) is 0 Å². The standard InChI is InChI=1S/C11H10F8N2O/c12-5-6(13)8(22)4-7(5)21(3-1-2-10(14,15)16)20-9(4)11(17,18)19/h5-6,8,22H,1-3H2/t5-,6-,8+/m1/s1. The van der Waals surface area contributed by atoms with Gasteiger partial charge in [-0.1, -0.05) is 0 Å². The number of halogens is 8. The molecule has 1 aromatic rings. The Morgan fingerprint density at radius 3 is 2.18 bits per heavy atom. The van der Waals surface area contributed by atoms with Crippen LogP contribution in [-0.2, 0) is 12.7 Å². The van der Waals surface area contributed by atoms with Crippen LogP contribution in [0.1, 0.15) is 42.1 Å². The first-order valence-electron chi connectivity index (χ1n) is 6.14. The average molecular weight is 338 g/mol. The van der Waals surface area contributed by atoms with Crippen LogP contribution in [-0.4, -0.2) is 27.2 Å². The third-order valence-corrected chi connectivity index (χ3v) is 3.27. The van der Waals surface area contributed by atoms with Gasteiger partial charge in [-0.05, 0) is 6.42 Å². The minimum Gasteiger partial charge on any atom is -0.385 e. The van der Waals surface area contributed by atoms with E-state index in [0.717, 1.165) is 0 Å². The van der Waals surface area contributed by atoms with Gasteiger partial charge >= 0.3 is 12.4 Å². The maximum atomic E-state index is 13.7. The van der Waals surface area contributed by atoms with Crippen LogP contribution >= 0.6 is 0 Å². The average Bonchev–Trinajstić information content (AvgIpc) is 2.82. The normalized spacial score (nSPS) is 25.6. The predicted octanol–water partition coefficient (Wildman–Crippen LogP) is 3.64. The van der Waals surface area contributed by atoms with Crippen molar-refractivity contribution in [2.75, 3.05) is 0 Å². The van der Waals surface area contributed by atoms with Crippen LogP contribution in [0.25, 0.3) is 0 Å². The molecule has 0 amide bonds. The first kappa shape index (κ1) is 17.0. The fourth-order valence-electron chi connectivity index (χ4n) is 2.35. The third-order valence-electron chi connectivity index (χ3n) is 3.27. The molecule has 3 nitrogen and oxygen atoms in total. The molecule has 0 aliphatic heterocycles. The van der Waals surface area contributed by atoms with Gasteiger partial charge in [-0.2, -0.15) is 31.4 Å².